The third-order valence-electron chi connectivity index (χ3n) is 2.05. The molecular weight excluding hydrogens is 388 g/mol. The van der Waals surface area contributed by atoms with Gasteiger partial charge in [0, 0.05) is 0 Å². The van der Waals surface area contributed by atoms with E-state index in [-0.39, 0.29) is 0 Å². The second-order valence-corrected chi connectivity index (χ2v) is 4.30. The Balaban J connectivity index is 0.000000141. The van der Waals surface area contributed by atoms with Crippen LogP contribution in [0.1, 0.15) is 5.56 Å². The van der Waals surface area contributed by atoms with Gasteiger partial charge in [0.2, 0.25) is 0 Å². The molecule has 0 N–H and O–H groups in total. The van der Waals surface area contributed by atoms with E-state index in [4.69, 9.17) is 0 Å². The zero-order chi connectivity index (χ0) is 12.9. The minimum atomic E-state index is 1.32. The van der Waals surface area contributed by atoms with Gasteiger partial charge in [0.1, 0.15) is 0 Å². The molecule has 92 valence electrons. The molecule has 0 bridgehead atoms. The van der Waals surface area contributed by atoms with E-state index in [1.807, 2.05) is 66.7 Å². The Hall–Kier alpha value is -1.52. The summed E-state index contributed by atoms with van der Waals surface area (Å²) in [4.78, 5) is 0. The van der Waals surface area contributed by atoms with E-state index in [2.05, 4.69) is 28.7 Å². The molecule has 3 rings (SSSR count). The van der Waals surface area contributed by atoms with Gasteiger partial charge in [0.15, 0.2) is 0 Å². The molecule has 0 aliphatic carbocycles. The largest absolute Gasteiger partial charge is 0.214 e. The molecule has 0 fully saturated rings. The molecule has 0 nitrogen and oxygen atoms in total. The van der Waals surface area contributed by atoms with E-state index < -0.39 is 0 Å². The summed E-state index contributed by atoms with van der Waals surface area (Å²) in [6, 6.07) is 30.3. The fourth-order valence-electron chi connectivity index (χ4n) is 1.17. The fraction of sp³-hybridized carbons (Fsp3) is 0. The molecule has 0 atom stereocenters. The molecule has 0 radical (unpaired) electrons. The quantitative estimate of drug-likeness (QED) is 0.534. The minimum Gasteiger partial charge on any atom is -0.214 e. The van der Waals surface area contributed by atoms with Crippen LogP contribution in [0.3, 0.4) is 0 Å². The number of rotatable bonds is 1. The van der Waals surface area contributed by atoms with Gasteiger partial charge in [0.05, 0.1) is 0 Å². The van der Waals surface area contributed by atoms with E-state index in [0.717, 1.165) is 0 Å². The average Bonchev–Trinajstić information content (AvgIpc) is 3.17. The summed E-state index contributed by atoms with van der Waals surface area (Å²) in [5, 5.41) is 0. The SMILES string of the molecule is [W]=[CH]c1ccccc1.c1cc[cH-]c1.c1cc[cH-]c1. The molecule has 0 saturated heterocycles. The van der Waals surface area contributed by atoms with Crippen molar-refractivity contribution in [3.63, 3.8) is 0 Å². The van der Waals surface area contributed by atoms with Gasteiger partial charge in [-0.25, -0.2) is 24.3 Å². The van der Waals surface area contributed by atoms with E-state index in [0.29, 0.717) is 0 Å². The molecule has 0 heterocycles. The van der Waals surface area contributed by atoms with Crippen LogP contribution in [0.2, 0.25) is 0 Å². The summed E-state index contributed by atoms with van der Waals surface area (Å²) >= 11 is 1.51. The monoisotopic (exact) mass is 404 g/mol. The molecule has 3 aromatic rings. The third-order valence-corrected chi connectivity index (χ3v) is 3.02. The molecule has 0 aliphatic rings. The van der Waals surface area contributed by atoms with Crippen molar-refractivity contribution in [2.24, 2.45) is 0 Å². The Morgan fingerprint density at radius 2 is 1.11 bits per heavy atom. The Kier molecular flexibility index (Phi) is 8.58. The molecule has 18 heavy (non-hydrogen) atoms. The number of hydrogen-bond donors (Lipinski definition) is 0. The normalized spacial score (nSPS) is 8.22. The first-order chi connectivity index (χ1) is 8.93. The second-order valence-electron chi connectivity index (χ2n) is 3.45. The maximum absolute atomic E-state index is 2.17. The van der Waals surface area contributed by atoms with Crippen molar-refractivity contribution in [2.45, 2.75) is 0 Å². The van der Waals surface area contributed by atoms with E-state index >= 15 is 0 Å². The van der Waals surface area contributed by atoms with Crippen LogP contribution in [0.15, 0.2) is 91.0 Å². The first kappa shape index (κ1) is 14.5. The maximum Gasteiger partial charge on any atom is -0.172 e. The van der Waals surface area contributed by atoms with Crippen LogP contribution in [0.4, 0.5) is 0 Å². The number of hydrogen-bond acceptors (Lipinski definition) is 0. The first-order valence-electron chi connectivity index (χ1n) is 5.77. The van der Waals surface area contributed by atoms with Crippen LogP contribution in [0, 0.1) is 0 Å². The van der Waals surface area contributed by atoms with E-state index in [1.54, 1.807) is 0 Å². The fourth-order valence-corrected chi connectivity index (χ4v) is 1.74. The molecule has 0 spiro atoms. The minimum absolute atomic E-state index is 1.32. The van der Waals surface area contributed by atoms with Crippen LogP contribution in [0.25, 0.3) is 0 Å². The van der Waals surface area contributed by atoms with Gasteiger partial charge in [0.25, 0.3) is 0 Å². The van der Waals surface area contributed by atoms with E-state index in [1.165, 1.54) is 24.9 Å². The Morgan fingerprint density at radius 3 is 1.33 bits per heavy atom. The molecule has 0 amide bonds. The Labute approximate surface area is 120 Å². The van der Waals surface area contributed by atoms with Crippen LogP contribution < -0.4 is 0 Å². The zero-order valence-electron chi connectivity index (χ0n) is 10.1. The first-order valence-corrected chi connectivity index (χ1v) is 7.46. The van der Waals surface area contributed by atoms with Crippen molar-refractivity contribution < 1.29 is 19.4 Å². The molecule has 0 aromatic heterocycles. The molecule has 0 unspecified atom stereocenters. The summed E-state index contributed by atoms with van der Waals surface area (Å²) in [5.74, 6) is 0. The Bertz CT molecular complexity index is 403. The average molecular weight is 404 g/mol. The second kappa shape index (κ2) is 10.6. The molecule has 1 heteroatoms. The van der Waals surface area contributed by atoms with Gasteiger partial charge in [-0.15, -0.1) is 0 Å². The van der Waals surface area contributed by atoms with Crippen LogP contribution in [0.5, 0.6) is 0 Å². The predicted molar refractivity (Wildman–Crippen MR) is 75.7 cm³/mol. The summed E-state index contributed by atoms with van der Waals surface area (Å²) in [7, 11) is 0. The van der Waals surface area contributed by atoms with Gasteiger partial charge in [-0.2, -0.15) is 36.4 Å². The Morgan fingerprint density at radius 1 is 0.667 bits per heavy atom. The molecule has 0 aliphatic heterocycles. The van der Waals surface area contributed by atoms with Crippen molar-refractivity contribution in [3.8, 4) is 0 Å². The van der Waals surface area contributed by atoms with Crippen LogP contribution in [-0.2, 0) is 19.4 Å². The zero-order valence-corrected chi connectivity index (χ0v) is 13.1. The van der Waals surface area contributed by atoms with E-state index in [9.17, 15) is 0 Å². The summed E-state index contributed by atoms with van der Waals surface area (Å²) in [5.41, 5.74) is 1.32. The van der Waals surface area contributed by atoms with Gasteiger partial charge in [-0.3, -0.25) is 0 Å². The molecular formula is C17H16W-2. The molecule has 3 aromatic carbocycles. The number of benzene rings is 1. The van der Waals surface area contributed by atoms with Crippen LogP contribution in [-0.4, -0.2) is 4.40 Å². The summed E-state index contributed by atoms with van der Waals surface area (Å²) in [6.45, 7) is 0. The van der Waals surface area contributed by atoms with Crippen molar-refractivity contribution in [2.75, 3.05) is 0 Å². The standard InChI is InChI=1S/C7H6.2C5H5.W/c1-7-5-3-2-4-6-7;2*1-2-4-5-3-1;/h1-6H;2*1-5H;/q;2*-1;. The third kappa shape index (κ3) is 7.70. The van der Waals surface area contributed by atoms with Gasteiger partial charge < -0.3 is 0 Å². The van der Waals surface area contributed by atoms with Crippen LogP contribution >= 0.6 is 0 Å². The van der Waals surface area contributed by atoms with Crippen molar-refractivity contribution >= 4 is 4.40 Å². The summed E-state index contributed by atoms with van der Waals surface area (Å²) < 4.78 is 2.17. The van der Waals surface area contributed by atoms with Crippen molar-refractivity contribution in [1.82, 2.24) is 0 Å². The van der Waals surface area contributed by atoms with Gasteiger partial charge in [-0.1, -0.05) is 0 Å². The summed E-state index contributed by atoms with van der Waals surface area (Å²) in [6.07, 6.45) is 0. The predicted octanol–water partition coefficient (Wildman–Crippen LogP) is 4.19. The van der Waals surface area contributed by atoms with Gasteiger partial charge in [-0.05, 0) is 0 Å². The van der Waals surface area contributed by atoms with Crippen molar-refractivity contribution in [1.29, 1.82) is 0 Å². The van der Waals surface area contributed by atoms with Crippen molar-refractivity contribution in [3.05, 3.63) is 96.6 Å². The topological polar surface area (TPSA) is 0 Å². The smallest absolute Gasteiger partial charge is 0.172 e. The molecule has 0 saturated carbocycles. The van der Waals surface area contributed by atoms with Gasteiger partial charge >= 0.3 is 59.6 Å². The maximum atomic E-state index is 2.17.